The summed E-state index contributed by atoms with van der Waals surface area (Å²) in [6.07, 6.45) is 4.69. The summed E-state index contributed by atoms with van der Waals surface area (Å²) in [5.74, 6) is -1.08. The fraction of sp³-hybridized carbons (Fsp3) is 0.438. The summed E-state index contributed by atoms with van der Waals surface area (Å²) >= 11 is 0. The van der Waals surface area contributed by atoms with Crippen LogP contribution in [0.4, 0.5) is 0 Å². The second-order valence-electron chi connectivity index (χ2n) is 5.32. The Hall–Kier alpha value is -2.15. The van der Waals surface area contributed by atoms with Gasteiger partial charge < -0.3 is 4.90 Å². The average Bonchev–Trinajstić information content (AvgIpc) is 2.74. The first kappa shape index (κ1) is 12.9. The van der Waals surface area contributed by atoms with Crippen LogP contribution in [-0.4, -0.2) is 23.9 Å². The van der Waals surface area contributed by atoms with Crippen LogP contribution in [-0.2, 0) is 4.79 Å². The minimum Gasteiger partial charge on any atom is -0.373 e. The number of amides is 1. The maximum absolute atomic E-state index is 12.1. The number of benzene rings is 1. The Bertz CT molecular complexity index is 678. The molecule has 4 nitrogen and oxygen atoms in total. The summed E-state index contributed by atoms with van der Waals surface area (Å²) in [5, 5.41) is 11.0. The second-order valence-corrected chi connectivity index (χ2v) is 5.32. The van der Waals surface area contributed by atoms with E-state index in [9.17, 15) is 10.1 Å². The molecule has 0 saturated carbocycles. The Labute approximate surface area is 118 Å². The molecule has 1 fully saturated rings. The van der Waals surface area contributed by atoms with Gasteiger partial charge in [-0.1, -0.05) is 31.0 Å². The fourth-order valence-electron chi connectivity index (χ4n) is 3.02. The van der Waals surface area contributed by atoms with E-state index < -0.39 is 5.92 Å². The van der Waals surface area contributed by atoms with Gasteiger partial charge in [0, 0.05) is 18.3 Å². The molecule has 0 aromatic heterocycles. The third kappa shape index (κ3) is 2.20. The van der Waals surface area contributed by atoms with Crippen molar-refractivity contribution in [1.29, 1.82) is 5.26 Å². The number of carbonyl (C=O) groups is 1. The van der Waals surface area contributed by atoms with E-state index in [0.29, 0.717) is 5.36 Å². The lowest BCUT2D eigenvalue weighted by atomic mass is 9.99. The molecule has 2 heterocycles. The second kappa shape index (κ2) is 5.46. The van der Waals surface area contributed by atoms with Gasteiger partial charge in [-0.25, -0.2) is 4.99 Å². The van der Waals surface area contributed by atoms with Crippen molar-refractivity contribution in [2.24, 2.45) is 10.9 Å². The molecule has 0 radical (unpaired) electrons. The molecule has 3 rings (SSSR count). The van der Waals surface area contributed by atoms with Crippen LogP contribution in [0, 0.1) is 17.2 Å². The normalized spacial score (nSPS) is 22.6. The molecular formula is C16H17N3O. The molecule has 1 aromatic carbocycles. The minimum atomic E-state index is -0.747. The molecule has 0 bridgehead atoms. The van der Waals surface area contributed by atoms with Crippen LogP contribution in [0.5, 0.6) is 0 Å². The Kier molecular flexibility index (Phi) is 3.51. The van der Waals surface area contributed by atoms with Gasteiger partial charge in [-0.3, -0.25) is 4.79 Å². The number of hydrogen-bond donors (Lipinski definition) is 0. The molecule has 1 atom stereocenters. The fourth-order valence-corrected chi connectivity index (χ4v) is 3.02. The number of nitrogens with zero attached hydrogens (tertiary/aromatic N) is 3. The van der Waals surface area contributed by atoms with Crippen LogP contribution in [0.3, 0.4) is 0 Å². The Morgan fingerprint density at radius 2 is 1.85 bits per heavy atom. The van der Waals surface area contributed by atoms with Crippen molar-refractivity contribution in [2.75, 3.05) is 13.1 Å². The zero-order valence-electron chi connectivity index (χ0n) is 11.4. The number of carbonyl (C=O) groups excluding carboxylic acids is 1. The van der Waals surface area contributed by atoms with Crippen LogP contribution < -0.4 is 10.6 Å². The molecule has 2 aliphatic heterocycles. The van der Waals surface area contributed by atoms with Crippen molar-refractivity contribution in [3.8, 4) is 6.07 Å². The molecule has 102 valence electrons. The van der Waals surface area contributed by atoms with Gasteiger partial charge in [0.2, 0.25) is 0 Å². The molecule has 1 aromatic rings. The van der Waals surface area contributed by atoms with E-state index in [1.54, 1.807) is 0 Å². The van der Waals surface area contributed by atoms with Crippen molar-refractivity contribution in [2.45, 2.75) is 25.7 Å². The maximum Gasteiger partial charge on any atom is 0.269 e. The van der Waals surface area contributed by atoms with Gasteiger partial charge in [-0.05, 0) is 18.9 Å². The van der Waals surface area contributed by atoms with Crippen molar-refractivity contribution < 1.29 is 4.79 Å². The highest BCUT2D eigenvalue weighted by Gasteiger charge is 2.30. The van der Waals surface area contributed by atoms with Crippen LogP contribution in [0.25, 0.3) is 5.70 Å². The van der Waals surface area contributed by atoms with Gasteiger partial charge in [0.15, 0.2) is 5.92 Å². The van der Waals surface area contributed by atoms with E-state index in [0.717, 1.165) is 36.8 Å². The van der Waals surface area contributed by atoms with Crippen LogP contribution >= 0.6 is 0 Å². The highest BCUT2D eigenvalue weighted by atomic mass is 16.1. The predicted octanol–water partition coefficient (Wildman–Crippen LogP) is 0.970. The van der Waals surface area contributed by atoms with Crippen LogP contribution in [0.2, 0.25) is 0 Å². The number of para-hydroxylation sites is 1. The smallest absolute Gasteiger partial charge is 0.269 e. The van der Waals surface area contributed by atoms with E-state index in [1.165, 1.54) is 12.8 Å². The van der Waals surface area contributed by atoms with Crippen LogP contribution in [0.1, 0.15) is 25.7 Å². The number of nitriles is 1. The maximum atomic E-state index is 12.1. The predicted molar refractivity (Wildman–Crippen MR) is 74.8 cm³/mol. The molecule has 2 aliphatic rings. The minimum absolute atomic E-state index is 0.328. The van der Waals surface area contributed by atoms with E-state index in [-0.39, 0.29) is 5.91 Å². The van der Waals surface area contributed by atoms with Crippen molar-refractivity contribution >= 4 is 11.6 Å². The van der Waals surface area contributed by atoms with Crippen molar-refractivity contribution in [1.82, 2.24) is 4.90 Å². The van der Waals surface area contributed by atoms with Gasteiger partial charge >= 0.3 is 0 Å². The summed E-state index contributed by atoms with van der Waals surface area (Å²) in [6, 6.07) is 9.77. The quantitative estimate of drug-likeness (QED) is 0.762. The molecule has 0 spiro atoms. The molecular weight excluding hydrogens is 250 g/mol. The number of fused-ring (bicyclic) bond motifs is 1. The summed E-state index contributed by atoms with van der Waals surface area (Å²) < 4.78 is 0. The third-order valence-corrected chi connectivity index (χ3v) is 4.01. The third-order valence-electron chi connectivity index (χ3n) is 4.01. The molecule has 1 saturated heterocycles. The van der Waals surface area contributed by atoms with Gasteiger partial charge in [-0.2, -0.15) is 5.26 Å². The lowest BCUT2D eigenvalue weighted by Gasteiger charge is -2.29. The molecule has 0 N–H and O–H groups in total. The van der Waals surface area contributed by atoms with E-state index in [4.69, 9.17) is 0 Å². The zero-order chi connectivity index (χ0) is 13.9. The van der Waals surface area contributed by atoms with Crippen molar-refractivity contribution in [3.05, 3.63) is 34.8 Å². The molecule has 20 heavy (non-hydrogen) atoms. The largest absolute Gasteiger partial charge is 0.373 e. The van der Waals surface area contributed by atoms with Crippen molar-refractivity contribution in [3.63, 3.8) is 0 Å². The first-order valence-corrected chi connectivity index (χ1v) is 7.17. The standard InChI is InChI=1S/C16H17N3O/c17-11-13-15(19-9-5-1-2-6-10-19)12-7-3-4-8-14(12)18-16(13)20/h3-4,7-8,13H,1-2,5-6,9-10H2. The Morgan fingerprint density at radius 1 is 1.15 bits per heavy atom. The number of rotatable bonds is 1. The number of hydrogen-bond acceptors (Lipinski definition) is 3. The highest BCUT2D eigenvalue weighted by molar-refractivity contribution is 5.92. The van der Waals surface area contributed by atoms with Gasteiger partial charge in [0.25, 0.3) is 5.91 Å². The van der Waals surface area contributed by atoms with Crippen LogP contribution in [0.15, 0.2) is 29.3 Å². The summed E-state index contributed by atoms with van der Waals surface area (Å²) in [6.45, 7) is 1.85. The molecule has 1 amide bonds. The lowest BCUT2D eigenvalue weighted by Crippen LogP contribution is -2.43. The molecule has 0 aliphatic carbocycles. The first-order chi connectivity index (χ1) is 9.81. The summed E-state index contributed by atoms with van der Waals surface area (Å²) in [5.41, 5.74) is 0.866. The SMILES string of the molecule is N#CC1C(=O)N=c2ccccc2=C1N1CCCCCC1. The topological polar surface area (TPSA) is 56.5 Å². The van der Waals surface area contributed by atoms with E-state index in [1.807, 2.05) is 24.3 Å². The zero-order valence-corrected chi connectivity index (χ0v) is 11.4. The van der Waals surface area contributed by atoms with E-state index in [2.05, 4.69) is 16.0 Å². The molecule has 4 heteroatoms. The Balaban J connectivity index is 2.19. The lowest BCUT2D eigenvalue weighted by molar-refractivity contribution is -0.119. The van der Waals surface area contributed by atoms with E-state index >= 15 is 0 Å². The molecule has 1 unspecified atom stereocenters. The Morgan fingerprint density at radius 3 is 2.55 bits per heavy atom. The van der Waals surface area contributed by atoms with Gasteiger partial charge in [-0.15, -0.1) is 0 Å². The summed E-state index contributed by atoms with van der Waals surface area (Å²) in [7, 11) is 0. The first-order valence-electron chi connectivity index (χ1n) is 7.17. The summed E-state index contributed by atoms with van der Waals surface area (Å²) in [4.78, 5) is 18.4. The monoisotopic (exact) mass is 267 g/mol. The average molecular weight is 267 g/mol. The van der Waals surface area contributed by atoms with Gasteiger partial charge in [0.1, 0.15) is 0 Å². The number of likely N-dealkylation sites (tertiary alicyclic amines) is 1. The highest BCUT2D eigenvalue weighted by Crippen LogP contribution is 2.22. The van der Waals surface area contributed by atoms with Gasteiger partial charge in [0.05, 0.1) is 17.1 Å².